The zero-order valence-electron chi connectivity index (χ0n) is 28.3. The Morgan fingerprint density at radius 3 is 1.31 bits per heavy atom. The molecule has 0 spiro atoms. The van der Waals surface area contributed by atoms with Crippen molar-refractivity contribution in [3.63, 3.8) is 0 Å². The molecule has 2 heterocycles. The summed E-state index contributed by atoms with van der Waals surface area (Å²) >= 11 is 0. The van der Waals surface area contributed by atoms with E-state index in [-0.39, 0.29) is 0 Å². The van der Waals surface area contributed by atoms with Gasteiger partial charge in [-0.1, -0.05) is 49.0 Å². The maximum atomic E-state index is 10.2. The number of aliphatic hydroxyl groups is 4. The van der Waals surface area contributed by atoms with Gasteiger partial charge in [0, 0.05) is 62.9 Å². The summed E-state index contributed by atoms with van der Waals surface area (Å²) in [4.78, 5) is 0. The summed E-state index contributed by atoms with van der Waals surface area (Å²) < 4.78 is 15.4. The van der Waals surface area contributed by atoms with Crippen molar-refractivity contribution in [2.75, 3.05) is 13.2 Å². The van der Waals surface area contributed by atoms with Crippen LogP contribution in [0.3, 0.4) is 0 Å². The van der Waals surface area contributed by atoms with Gasteiger partial charge in [0.25, 0.3) is 0 Å². The number of rotatable bonds is 21. The molecule has 0 saturated heterocycles. The molecular formula is C32H60N10O6. The van der Waals surface area contributed by atoms with E-state index in [0.717, 1.165) is 63.0 Å². The second-order valence-corrected chi connectivity index (χ2v) is 13.7. The number of hydrogen-bond acceptors (Lipinski definition) is 14. The van der Waals surface area contributed by atoms with Crippen molar-refractivity contribution < 1.29 is 29.9 Å². The van der Waals surface area contributed by atoms with Gasteiger partial charge in [0.2, 0.25) is 0 Å². The molecule has 16 heteroatoms. The first-order valence-electron chi connectivity index (χ1n) is 17.9. The molecule has 2 saturated carbocycles. The molecule has 0 radical (unpaired) electrons. The zero-order chi connectivity index (χ0) is 34.5. The quantitative estimate of drug-likeness (QED) is 0.0727. The Kier molecular flexibility index (Phi) is 16.0. The van der Waals surface area contributed by atoms with Crippen molar-refractivity contribution in [3.05, 3.63) is 23.8 Å². The third kappa shape index (κ3) is 11.7. The standard InChI is InChI=1S/C32H60N10O6/c33-23-17-25(35)31(29(45)27(23)43)47-15-9-11-21-19-41(39-37-21)13-7-5-3-1-2-4-6-8-14-42-20-22(38-40-42)12-10-16-48-32-26(36)18-24(34)28(44)30(32)46/h19-20,23-32,43-46H,1-18,33-36H2/t23-,24-,25+,26+,27+,28+,29-,30-,31-,32-/m1/s1. The lowest BCUT2D eigenvalue weighted by atomic mass is 9.85. The fourth-order valence-corrected chi connectivity index (χ4v) is 6.70. The number of aliphatic hydroxyl groups excluding tert-OH is 4. The van der Waals surface area contributed by atoms with Gasteiger partial charge in [0.1, 0.15) is 24.4 Å². The van der Waals surface area contributed by atoms with Crippen molar-refractivity contribution in [3.8, 4) is 0 Å². The van der Waals surface area contributed by atoms with E-state index in [4.69, 9.17) is 32.4 Å². The number of aromatic nitrogens is 6. The highest BCUT2D eigenvalue weighted by molar-refractivity contribution is 4.99. The summed E-state index contributed by atoms with van der Waals surface area (Å²) in [5, 5.41) is 57.4. The molecule has 0 aromatic carbocycles. The van der Waals surface area contributed by atoms with Crippen molar-refractivity contribution in [2.45, 2.75) is 164 Å². The predicted octanol–water partition coefficient (Wildman–Crippen LogP) is -1.11. The van der Waals surface area contributed by atoms with Crippen LogP contribution in [0.2, 0.25) is 0 Å². The molecule has 10 atom stereocenters. The first kappa shape index (κ1) is 38.7. The van der Waals surface area contributed by atoms with Crippen LogP contribution >= 0.6 is 0 Å². The topological polar surface area (TPSA) is 265 Å². The lowest BCUT2D eigenvalue weighted by Gasteiger charge is -2.39. The Labute approximate surface area is 283 Å². The Hall–Kier alpha value is -2.12. The van der Waals surface area contributed by atoms with Crippen LogP contribution in [0.5, 0.6) is 0 Å². The normalized spacial score (nSPS) is 31.0. The smallest absolute Gasteiger partial charge is 0.109 e. The first-order chi connectivity index (χ1) is 23.1. The monoisotopic (exact) mass is 680 g/mol. The number of aryl methyl sites for hydroxylation is 4. The van der Waals surface area contributed by atoms with Gasteiger partial charge in [-0.3, -0.25) is 9.36 Å². The molecule has 0 bridgehead atoms. The van der Waals surface area contributed by atoms with Gasteiger partial charge in [-0.15, -0.1) is 10.2 Å². The fourth-order valence-electron chi connectivity index (χ4n) is 6.70. The molecule has 0 amide bonds. The van der Waals surface area contributed by atoms with E-state index < -0.39 is 60.8 Å². The summed E-state index contributed by atoms with van der Waals surface area (Å²) in [7, 11) is 0. The average molecular weight is 681 g/mol. The molecule has 2 aromatic rings. The number of hydrogen-bond donors (Lipinski definition) is 8. The minimum atomic E-state index is -1.07. The van der Waals surface area contributed by atoms with Crippen LogP contribution in [0.15, 0.2) is 12.4 Å². The van der Waals surface area contributed by atoms with Crippen LogP contribution in [0.4, 0.5) is 0 Å². The SMILES string of the molecule is N[C@@H]1C[C@H](N)[C@@H](OCCCc2cn(CCCCCCCCCCn3cc(CCCO[C@H]4[C@H](O)[C@@H](O)[C@H](N)C[C@@H]4N)nn3)nn2)[C@H](O)[C@H]1O. The summed E-state index contributed by atoms with van der Waals surface area (Å²) in [6, 6.07) is -1.85. The lowest BCUT2D eigenvalue weighted by Crippen LogP contribution is -2.62. The molecule has 16 nitrogen and oxygen atoms in total. The fraction of sp³-hybridized carbons (Fsp3) is 0.875. The van der Waals surface area contributed by atoms with Gasteiger partial charge < -0.3 is 52.8 Å². The van der Waals surface area contributed by atoms with E-state index in [1.807, 2.05) is 21.8 Å². The van der Waals surface area contributed by atoms with Gasteiger partial charge in [0.05, 0.1) is 23.6 Å². The summed E-state index contributed by atoms with van der Waals surface area (Å²) in [5.41, 5.74) is 25.6. The minimum Gasteiger partial charge on any atom is -0.389 e. The lowest BCUT2D eigenvalue weighted by molar-refractivity contribution is -0.127. The highest BCUT2D eigenvalue weighted by Crippen LogP contribution is 2.22. The predicted molar refractivity (Wildman–Crippen MR) is 178 cm³/mol. The van der Waals surface area contributed by atoms with Crippen molar-refractivity contribution in [2.24, 2.45) is 22.9 Å². The van der Waals surface area contributed by atoms with Crippen molar-refractivity contribution >= 4 is 0 Å². The molecule has 0 aliphatic heterocycles. The molecular weight excluding hydrogens is 620 g/mol. The highest BCUT2D eigenvalue weighted by Gasteiger charge is 2.42. The molecule has 0 unspecified atom stereocenters. The maximum Gasteiger partial charge on any atom is 0.109 e. The average Bonchev–Trinajstić information content (AvgIpc) is 3.72. The Bertz CT molecular complexity index is 1080. The Morgan fingerprint density at radius 1 is 0.542 bits per heavy atom. The largest absolute Gasteiger partial charge is 0.389 e. The summed E-state index contributed by atoms with van der Waals surface area (Å²) in [5.74, 6) is 0. The van der Waals surface area contributed by atoms with E-state index in [0.29, 0.717) is 26.1 Å². The van der Waals surface area contributed by atoms with E-state index in [1.54, 1.807) is 0 Å². The number of unbranched alkanes of at least 4 members (excludes halogenated alkanes) is 7. The van der Waals surface area contributed by atoms with Crippen LogP contribution in [0, 0.1) is 0 Å². The molecule has 4 rings (SSSR count). The maximum absolute atomic E-state index is 10.2. The highest BCUT2D eigenvalue weighted by atomic mass is 16.5. The van der Waals surface area contributed by atoms with Crippen LogP contribution in [0.1, 0.15) is 88.4 Å². The van der Waals surface area contributed by atoms with Gasteiger partial charge >= 0.3 is 0 Å². The molecule has 2 aliphatic rings. The Morgan fingerprint density at radius 2 is 0.917 bits per heavy atom. The van der Waals surface area contributed by atoms with E-state index >= 15 is 0 Å². The van der Waals surface area contributed by atoms with E-state index in [9.17, 15) is 20.4 Å². The molecule has 48 heavy (non-hydrogen) atoms. The molecule has 2 fully saturated rings. The summed E-state index contributed by atoms with van der Waals surface area (Å²) in [6.07, 6.45) is 11.7. The van der Waals surface area contributed by atoms with Crippen LogP contribution in [-0.4, -0.2) is 124 Å². The zero-order valence-corrected chi connectivity index (χ0v) is 28.3. The van der Waals surface area contributed by atoms with Gasteiger partial charge in [-0.25, -0.2) is 0 Å². The third-order valence-corrected chi connectivity index (χ3v) is 9.65. The first-order valence-corrected chi connectivity index (χ1v) is 17.9. The van der Waals surface area contributed by atoms with Crippen LogP contribution < -0.4 is 22.9 Å². The van der Waals surface area contributed by atoms with E-state index in [1.165, 1.54) is 38.5 Å². The van der Waals surface area contributed by atoms with Crippen molar-refractivity contribution in [1.29, 1.82) is 0 Å². The number of nitrogens with zero attached hydrogens (tertiary/aromatic N) is 6. The molecule has 2 aliphatic carbocycles. The summed E-state index contributed by atoms with van der Waals surface area (Å²) in [6.45, 7) is 2.54. The number of ether oxygens (including phenoxy) is 2. The third-order valence-electron chi connectivity index (χ3n) is 9.65. The second-order valence-electron chi connectivity index (χ2n) is 13.7. The van der Waals surface area contributed by atoms with Gasteiger partial charge in [-0.05, 0) is 51.4 Å². The number of nitrogens with two attached hydrogens (primary N) is 4. The van der Waals surface area contributed by atoms with Gasteiger partial charge in [0.15, 0.2) is 0 Å². The van der Waals surface area contributed by atoms with Gasteiger partial charge in [-0.2, -0.15) is 0 Å². The molecule has 274 valence electrons. The molecule has 12 N–H and O–H groups in total. The van der Waals surface area contributed by atoms with Crippen LogP contribution in [0.25, 0.3) is 0 Å². The Balaban J connectivity index is 0.950. The van der Waals surface area contributed by atoms with Crippen molar-refractivity contribution in [1.82, 2.24) is 30.0 Å². The molecule has 2 aromatic heterocycles. The van der Waals surface area contributed by atoms with Crippen LogP contribution in [-0.2, 0) is 35.4 Å². The minimum absolute atomic E-state index is 0.396. The second kappa shape index (κ2) is 19.9. The van der Waals surface area contributed by atoms with E-state index in [2.05, 4.69) is 20.6 Å².